The Bertz CT molecular complexity index is 1200. The molecule has 6 fully saturated rings. The van der Waals surface area contributed by atoms with Gasteiger partial charge in [-0.2, -0.15) is 0 Å². The molecule has 0 aromatic carbocycles. The molecule has 3 saturated carbocycles. The average molecular weight is 632 g/mol. The molecule has 12 heteroatoms. The molecule has 0 radical (unpaired) electrons. The van der Waals surface area contributed by atoms with Crippen LogP contribution >= 0.6 is 0 Å². The fraction of sp³-hybridized carbons (Fsp3) is 0.848. The number of halogens is 1. The molecule has 0 aromatic rings. The van der Waals surface area contributed by atoms with E-state index in [4.69, 9.17) is 19.9 Å². The number of fused-ring (bicyclic) bond motifs is 3. The van der Waals surface area contributed by atoms with Crippen LogP contribution in [-0.2, 0) is 23.8 Å². The number of morpholine rings is 2. The summed E-state index contributed by atoms with van der Waals surface area (Å²) in [6.07, 6.45) is 6.41. The maximum absolute atomic E-state index is 16.8. The Morgan fingerprint density at radius 3 is 2.47 bits per heavy atom. The summed E-state index contributed by atoms with van der Waals surface area (Å²) in [5.41, 5.74) is 6.22. The third-order valence-corrected chi connectivity index (χ3v) is 11.5. The molecule has 3 saturated heterocycles. The fourth-order valence-corrected chi connectivity index (χ4v) is 9.52. The second-order valence-electron chi connectivity index (χ2n) is 15.4. The minimum absolute atomic E-state index is 0.0119. The highest BCUT2D eigenvalue weighted by Gasteiger charge is 2.63. The van der Waals surface area contributed by atoms with Crippen LogP contribution in [0.5, 0.6) is 0 Å². The van der Waals surface area contributed by atoms with Crippen molar-refractivity contribution in [3.05, 3.63) is 11.8 Å². The van der Waals surface area contributed by atoms with Crippen LogP contribution in [0.1, 0.15) is 65.7 Å². The van der Waals surface area contributed by atoms with Crippen molar-refractivity contribution in [2.24, 2.45) is 23.5 Å². The number of hydrogen-bond acceptors (Lipinski definition) is 9. The number of ether oxygens (including phenoxy) is 3. The number of nitrogens with one attached hydrogen (secondary N) is 1. The first kappa shape index (κ1) is 31.3. The highest BCUT2D eigenvalue weighted by molar-refractivity contribution is 6.21. The topological polar surface area (TPSA) is 127 Å². The van der Waals surface area contributed by atoms with Gasteiger partial charge in [-0.15, -0.1) is 0 Å². The molecule has 7 rings (SSSR count). The number of carbonyl (C=O) groups is 3. The maximum atomic E-state index is 16.8. The summed E-state index contributed by atoms with van der Waals surface area (Å²) in [4.78, 5) is 46.5. The lowest BCUT2D eigenvalue weighted by Crippen LogP contribution is -2.78. The molecular formula is C33H50FN5O6. The van der Waals surface area contributed by atoms with Crippen molar-refractivity contribution < 1.29 is 33.0 Å². The van der Waals surface area contributed by atoms with Gasteiger partial charge >= 0.3 is 6.09 Å². The second kappa shape index (κ2) is 12.1. The lowest BCUT2D eigenvalue weighted by molar-refractivity contribution is -0.222. The van der Waals surface area contributed by atoms with Gasteiger partial charge in [0, 0.05) is 44.5 Å². The van der Waals surface area contributed by atoms with Gasteiger partial charge in [0.15, 0.2) is 5.78 Å². The van der Waals surface area contributed by atoms with Gasteiger partial charge in [-0.1, -0.05) is 25.7 Å². The Morgan fingerprint density at radius 2 is 1.76 bits per heavy atom. The summed E-state index contributed by atoms with van der Waals surface area (Å²) in [6, 6.07) is -2.40. The summed E-state index contributed by atoms with van der Waals surface area (Å²) < 4.78 is 34.6. The van der Waals surface area contributed by atoms with E-state index in [9.17, 15) is 14.4 Å². The standard InChI is InChI=1S/C33H50FN5O6/c1-33(2,3)45-32(42)36-20-8-9-38(16-20)28-25(34)26(35)24-27-30(28)44-23-15-19-7-5-4-6-18(19)14-22(23)39(27)17-21(29(24)40)31(41)37-10-12-43-13-11-37/h17-20,22-28,30H,4-16,35H2,1-3H3,(H,36,42). The van der Waals surface area contributed by atoms with Crippen molar-refractivity contribution in [2.75, 3.05) is 39.4 Å². The number of nitrogens with zero attached hydrogens (tertiary/aromatic N) is 3. The molecule has 0 aromatic heterocycles. The van der Waals surface area contributed by atoms with Crippen LogP contribution in [-0.4, -0.2) is 126 Å². The third kappa shape index (κ3) is 5.78. The van der Waals surface area contributed by atoms with E-state index in [1.165, 1.54) is 25.7 Å². The minimum atomic E-state index is -1.54. The number of carbonyl (C=O) groups excluding carboxylic acids is 3. The van der Waals surface area contributed by atoms with Gasteiger partial charge in [0.2, 0.25) is 0 Å². The molecule has 250 valence electrons. The van der Waals surface area contributed by atoms with Gasteiger partial charge in [-0.25, -0.2) is 9.18 Å². The monoisotopic (exact) mass is 631 g/mol. The van der Waals surface area contributed by atoms with Gasteiger partial charge in [0.25, 0.3) is 5.91 Å². The van der Waals surface area contributed by atoms with Crippen molar-refractivity contribution in [1.29, 1.82) is 0 Å². The van der Waals surface area contributed by atoms with Gasteiger partial charge in [-0.3, -0.25) is 14.5 Å². The van der Waals surface area contributed by atoms with E-state index in [2.05, 4.69) is 15.1 Å². The predicted octanol–water partition coefficient (Wildman–Crippen LogP) is 1.98. The number of alkyl carbamates (subject to hydrolysis) is 1. The molecule has 45 heavy (non-hydrogen) atoms. The van der Waals surface area contributed by atoms with Crippen molar-refractivity contribution in [1.82, 2.24) is 20.0 Å². The van der Waals surface area contributed by atoms with Crippen molar-refractivity contribution in [3.8, 4) is 0 Å². The smallest absolute Gasteiger partial charge is 0.407 e. The van der Waals surface area contributed by atoms with Crippen LogP contribution < -0.4 is 11.1 Å². The Morgan fingerprint density at radius 1 is 1.04 bits per heavy atom. The average Bonchev–Trinajstić information content (AvgIpc) is 3.45. The van der Waals surface area contributed by atoms with Crippen LogP contribution in [0.15, 0.2) is 11.8 Å². The number of Topliss-reactive ketones (excluding diaryl/α,β-unsaturated/α-hetero) is 1. The summed E-state index contributed by atoms with van der Waals surface area (Å²) in [5.74, 6) is -0.395. The van der Waals surface area contributed by atoms with E-state index in [1.54, 1.807) is 11.1 Å². The maximum Gasteiger partial charge on any atom is 0.407 e. The van der Waals surface area contributed by atoms with E-state index >= 15 is 4.39 Å². The lowest BCUT2D eigenvalue weighted by atomic mass is 9.64. The van der Waals surface area contributed by atoms with Crippen LogP contribution in [0.3, 0.4) is 0 Å². The Balaban J connectivity index is 1.20. The van der Waals surface area contributed by atoms with E-state index < -0.39 is 48.0 Å². The molecule has 11 nitrogen and oxygen atoms in total. The number of nitrogens with two attached hydrogens (primary N) is 1. The zero-order valence-electron chi connectivity index (χ0n) is 26.9. The number of amides is 2. The molecular weight excluding hydrogens is 581 g/mol. The summed E-state index contributed by atoms with van der Waals surface area (Å²) >= 11 is 0. The first-order valence-corrected chi connectivity index (χ1v) is 17.2. The van der Waals surface area contributed by atoms with Crippen LogP contribution in [0, 0.1) is 17.8 Å². The molecule has 3 aliphatic carbocycles. The van der Waals surface area contributed by atoms with Crippen LogP contribution in [0.2, 0.25) is 0 Å². The first-order chi connectivity index (χ1) is 21.5. The number of rotatable bonds is 3. The van der Waals surface area contributed by atoms with E-state index in [0.717, 1.165) is 12.8 Å². The summed E-state index contributed by atoms with van der Waals surface area (Å²) in [6.45, 7) is 8.18. The van der Waals surface area contributed by atoms with Crippen LogP contribution in [0.25, 0.3) is 0 Å². The normalized spacial score (nSPS) is 41.8. The quantitative estimate of drug-likeness (QED) is 0.450. The van der Waals surface area contributed by atoms with E-state index in [-0.39, 0.29) is 35.5 Å². The molecule has 0 spiro atoms. The van der Waals surface area contributed by atoms with Gasteiger partial charge in [-0.05, 0) is 51.9 Å². The predicted molar refractivity (Wildman–Crippen MR) is 163 cm³/mol. The zero-order valence-corrected chi connectivity index (χ0v) is 26.9. The zero-order chi connectivity index (χ0) is 31.6. The molecule has 0 bridgehead atoms. The minimum Gasteiger partial charge on any atom is -0.444 e. The number of ketones is 1. The summed E-state index contributed by atoms with van der Waals surface area (Å²) in [7, 11) is 0. The number of alkyl halides is 1. The number of hydrogen-bond donors (Lipinski definition) is 2. The molecule has 7 aliphatic rings. The molecule has 11 atom stereocenters. The highest BCUT2D eigenvalue weighted by Crippen LogP contribution is 2.51. The largest absolute Gasteiger partial charge is 0.444 e. The Kier molecular flexibility index (Phi) is 8.40. The second-order valence-corrected chi connectivity index (χ2v) is 15.4. The summed E-state index contributed by atoms with van der Waals surface area (Å²) in [5, 5.41) is 2.95. The molecule has 4 aliphatic heterocycles. The van der Waals surface area contributed by atoms with Crippen molar-refractivity contribution in [2.45, 2.75) is 120 Å². The molecule has 3 N–H and O–H groups in total. The van der Waals surface area contributed by atoms with E-state index in [0.29, 0.717) is 57.6 Å². The fourth-order valence-electron chi connectivity index (χ4n) is 9.52. The Hall–Kier alpha value is -2.28. The van der Waals surface area contributed by atoms with Crippen LogP contribution in [0.4, 0.5) is 9.18 Å². The van der Waals surface area contributed by atoms with Crippen molar-refractivity contribution >= 4 is 17.8 Å². The van der Waals surface area contributed by atoms with Gasteiger partial charge in [0.1, 0.15) is 11.8 Å². The van der Waals surface area contributed by atoms with Crippen molar-refractivity contribution in [3.63, 3.8) is 0 Å². The third-order valence-electron chi connectivity index (χ3n) is 11.5. The molecule has 4 heterocycles. The Labute approximate surface area is 265 Å². The molecule has 2 amide bonds. The molecule has 11 unspecified atom stereocenters. The SMILES string of the molecule is CC(C)(C)OC(=O)NC1CCN(C2C(F)C(N)C3C(=O)C(C(=O)N4CCOCC4)=CN4C5CC6CCCCC6CC5OC2C34)C1. The van der Waals surface area contributed by atoms with Gasteiger partial charge < -0.3 is 35.1 Å². The highest BCUT2D eigenvalue weighted by atomic mass is 19.1. The number of likely N-dealkylation sites (tertiary alicyclic amines) is 1. The first-order valence-electron chi connectivity index (χ1n) is 17.2. The lowest BCUT2D eigenvalue weighted by Gasteiger charge is -2.62. The van der Waals surface area contributed by atoms with Gasteiger partial charge in [0.05, 0.1) is 55.0 Å². The van der Waals surface area contributed by atoms with E-state index in [1.807, 2.05) is 20.8 Å².